The van der Waals surface area contributed by atoms with Gasteiger partial charge in [0.15, 0.2) is 0 Å². The van der Waals surface area contributed by atoms with Crippen molar-refractivity contribution in [2.75, 3.05) is 0 Å². The minimum atomic E-state index is -4.22. The molecule has 1 aromatic rings. The van der Waals surface area contributed by atoms with E-state index in [1.54, 1.807) is 19.1 Å². The SMILES string of the molecule is CC(NC1(C(F)(F)F)CC1)c1ccc(Cl)cc1Cl. The molecular formula is C12H12Cl2F3N. The molecule has 1 unspecified atom stereocenters. The summed E-state index contributed by atoms with van der Waals surface area (Å²) >= 11 is 11.7. The van der Waals surface area contributed by atoms with E-state index in [0.717, 1.165) is 0 Å². The Balaban J connectivity index is 2.16. The summed E-state index contributed by atoms with van der Waals surface area (Å²) in [5.74, 6) is 0. The van der Waals surface area contributed by atoms with Gasteiger partial charge in [-0.2, -0.15) is 13.2 Å². The Kier molecular flexibility index (Phi) is 3.56. The number of hydrogen-bond acceptors (Lipinski definition) is 1. The first-order valence-electron chi connectivity index (χ1n) is 5.54. The highest BCUT2D eigenvalue weighted by Gasteiger charge is 2.63. The van der Waals surface area contributed by atoms with E-state index >= 15 is 0 Å². The van der Waals surface area contributed by atoms with Gasteiger partial charge in [0, 0.05) is 16.1 Å². The van der Waals surface area contributed by atoms with Crippen molar-refractivity contribution in [2.24, 2.45) is 0 Å². The lowest BCUT2D eigenvalue weighted by Crippen LogP contribution is -2.45. The summed E-state index contributed by atoms with van der Waals surface area (Å²) in [4.78, 5) is 0. The van der Waals surface area contributed by atoms with Crippen LogP contribution in [0.25, 0.3) is 0 Å². The zero-order valence-corrected chi connectivity index (χ0v) is 11.1. The molecule has 2 rings (SSSR count). The standard InChI is InChI=1S/C12H12Cl2F3N/c1-7(9-3-2-8(13)6-10(9)14)18-11(4-5-11)12(15,16)17/h2-3,6-7,18H,4-5H2,1H3. The molecule has 0 radical (unpaired) electrons. The third-order valence-corrected chi connectivity index (χ3v) is 3.78. The Hall–Kier alpha value is -0.450. The van der Waals surface area contributed by atoms with Gasteiger partial charge in [0.05, 0.1) is 0 Å². The van der Waals surface area contributed by atoms with Crippen LogP contribution in [0.3, 0.4) is 0 Å². The van der Waals surface area contributed by atoms with E-state index in [4.69, 9.17) is 23.2 Å². The maximum absolute atomic E-state index is 12.8. The molecule has 0 amide bonds. The zero-order valence-electron chi connectivity index (χ0n) is 9.61. The number of hydrogen-bond donors (Lipinski definition) is 1. The van der Waals surface area contributed by atoms with Crippen LogP contribution in [0.1, 0.15) is 31.4 Å². The minimum Gasteiger partial charge on any atom is -0.297 e. The Bertz CT molecular complexity index is 455. The van der Waals surface area contributed by atoms with Crippen molar-refractivity contribution in [3.05, 3.63) is 33.8 Å². The maximum atomic E-state index is 12.8. The fourth-order valence-electron chi connectivity index (χ4n) is 1.98. The van der Waals surface area contributed by atoms with E-state index in [1.807, 2.05) is 0 Å². The van der Waals surface area contributed by atoms with Gasteiger partial charge in [0.1, 0.15) is 5.54 Å². The van der Waals surface area contributed by atoms with Crippen molar-refractivity contribution in [1.29, 1.82) is 0 Å². The van der Waals surface area contributed by atoms with Gasteiger partial charge in [-0.25, -0.2) is 0 Å². The van der Waals surface area contributed by atoms with Crippen LogP contribution >= 0.6 is 23.2 Å². The Morgan fingerprint density at radius 3 is 2.33 bits per heavy atom. The zero-order chi connectivity index (χ0) is 13.6. The number of rotatable bonds is 3. The van der Waals surface area contributed by atoms with Crippen LogP contribution in [-0.2, 0) is 0 Å². The van der Waals surface area contributed by atoms with Gasteiger partial charge in [0.25, 0.3) is 0 Å². The lowest BCUT2D eigenvalue weighted by Gasteiger charge is -2.26. The second-order valence-corrected chi connectivity index (χ2v) is 5.46. The third-order valence-electron chi connectivity index (χ3n) is 3.21. The molecule has 0 aromatic heterocycles. The van der Waals surface area contributed by atoms with Gasteiger partial charge in [-0.15, -0.1) is 0 Å². The van der Waals surface area contributed by atoms with Crippen LogP contribution in [0.15, 0.2) is 18.2 Å². The van der Waals surface area contributed by atoms with Crippen LogP contribution in [0.5, 0.6) is 0 Å². The first-order valence-corrected chi connectivity index (χ1v) is 6.30. The summed E-state index contributed by atoms with van der Waals surface area (Å²) in [6.45, 7) is 1.67. The average molecular weight is 298 g/mol. The number of benzene rings is 1. The van der Waals surface area contributed by atoms with E-state index in [-0.39, 0.29) is 12.8 Å². The fraction of sp³-hybridized carbons (Fsp3) is 0.500. The van der Waals surface area contributed by atoms with Crippen molar-refractivity contribution in [3.8, 4) is 0 Å². The molecule has 1 atom stereocenters. The van der Waals surface area contributed by atoms with Crippen LogP contribution in [0.4, 0.5) is 13.2 Å². The first-order chi connectivity index (χ1) is 8.25. The van der Waals surface area contributed by atoms with Gasteiger partial charge in [-0.05, 0) is 37.5 Å². The van der Waals surface area contributed by atoms with E-state index in [1.165, 1.54) is 6.07 Å². The van der Waals surface area contributed by atoms with Gasteiger partial charge >= 0.3 is 6.18 Å². The highest BCUT2D eigenvalue weighted by molar-refractivity contribution is 6.35. The molecule has 1 aromatic carbocycles. The first kappa shape index (κ1) is 14.0. The van der Waals surface area contributed by atoms with Gasteiger partial charge in [-0.3, -0.25) is 5.32 Å². The summed E-state index contributed by atoms with van der Waals surface area (Å²) in [5, 5.41) is 3.47. The second kappa shape index (κ2) is 4.58. The molecule has 1 aliphatic rings. The average Bonchev–Trinajstić information content (AvgIpc) is 2.97. The van der Waals surface area contributed by atoms with Crippen LogP contribution in [0, 0.1) is 0 Å². The smallest absolute Gasteiger partial charge is 0.297 e. The molecule has 1 N–H and O–H groups in total. The highest BCUT2D eigenvalue weighted by Crippen LogP contribution is 2.50. The Labute approximate surface area is 113 Å². The summed E-state index contributed by atoms with van der Waals surface area (Å²) < 4.78 is 38.5. The normalized spacial score (nSPS) is 19.7. The Morgan fingerprint density at radius 2 is 1.89 bits per heavy atom. The molecule has 1 aliphatic carbocycles. The number of halogens is 5. The summed E-state index contributed by atoms with van der Waals surface area (Å²) in [6, 6.07) is 4.33. The van der Waals surface area contributed by atoms with Gasteiger partial charge in [0.2, 0.25) is 0 Å². The quantitative estimate of drug-likeness (QED) is 0.850. The van der Waals surface area contributed by atoms with Crippen LogP contribution < -0.4 is 5.32 Å². The van der Waals surface area contributed by atoms with E-state index in [9.17, 15) is 13.2 Å². The second-order valence-electron chi connectivity index (χ2n) is 4.61. The Morgan fingerprint density at radius 1 is 1.28 bits per heavy atom. The minimum absolute atomic E-state index is 0.117. The summed E-state index contributed by atoms with van der Waals surface area (Å²) in [7, 11) is 0. The maximum Gasteiger partial charge on any atom is 0.406 e. The topological polar surface area (TPSA) is 12.0 Å². The molecule has 0 heterocycles. The molecule has 0 saturated heterocycles. The molecule has 100 valence electrons. The van der Waals surface area contributed by atoms with Gasteiger partial charge < -0.3 is 0 Å². The molecule has 6 heteroatoms. The van der Waals surface area contributed by atoms with Crippen molar-refractivity contribution >= 4 is 23.2 Å². The lowest BCUT2D eigenvalue weighted by atomic mass is 10.1. The highest BCUT2D eigenvalue weighted by atomic mass is 35.5. The van der Waals surface area contributed by atoms with Crippen molar-refractivity contribution in [1.82, 2.24) is 5.32 Å². The molecule has 18 heavy (non-hydrogen) atoms. The molecule has 0 bridgehead atoms. The van der Waals surface area contributed by atoms with Crippen molar-refractivity contribution in [3.63, 3.8) is 0 Å². The van der Waals surface area contributed by atoms with Crippen LogP contribution in [0.2, 0.25) is 10.0 Å². The summed E-state index contributed by atoms with van der Waals surface area (Å²) in [6.07, 6.45) is -3.99. The molecule has 0 aliphatic heterocycles. The van der Waals surface area contributed by atoms with E-state index < -0.39 is 17.8 Å². The molecule has 0 spiro atoms. The number of alkyl halides is 3. The predicted molar refractivity (Wildman–Crippen MR) is 66.0 cm³/mol. The summed E-state index contributed by atoms with van der Waals surface area (Å²) in [5.41, 5.74) is -1.12. The largest absolute Gasteiger partial charge is 0.406 e. The molecular weight excluding hydrogens is 286 g/mol. The van der Waals surface area contributed by atoms with Gasteiger partial charge in [-0.1, -0.05) is 29.3 Å². The van der Waals surface area contributed by atoms with E-state index in [0.29, 0.717) is 15.6 Å². The lowest BCUT2D eigenvalue weighted by molar-refractivity contribution is -0.167. The monoisotopic (exact) mass is 297 g/mol. The van der Waals surface area contributed by atoms with Crippen LogP contribution in [-0.4, -0.2) is 11.7 Å². The van der Waals surface area contributed by atoms with Crippen molar-refractivity contribution < 1.29 is 13.2 Å². The molecule has 1 saturated carbocycles. The van der Waals surface area contributed by atoms with Crippen molar-refractivity contribution in [2.45, 2.75) is 37.5 Å². The fourth-order valence-corrected chi connectivity index (χ4v) is 2.55. The van der Waals surface area contributed by atoms with E-state index in [2.05, 4.69) is 5.32 Å². The molecule has 1 nitrogen and oxygen atoms in total. The predicted octanol–water partition coefficient (Wildman–Crippen LogP) is 4.74. The molecule has 1 fully saturated rings. The number of nitrogens with one attached hydrogen (secondary N) is 1. The third kappa shape index (κ3) is 2.60.